The van der Waals surface area contributed by atoms with Crippen LogP contribution in [0.2, 0.25) is 0 Å². The van der Waals surface area contributed by atoms with Crippen LogP contribution >= 0.6 is 23.1 Å². The summed E-state index contributed by atoms with van der Waals surface area (Å²) in [7, 11) is 0. The molecule has 5 heteroatoms. The van der Waals surface area contributed by atoms with E-state index >= 15 is 0 Å². The van der Waals surface area contributed by atoms with Crippen molar-refractivity contribution in [1.29, 1.82) is 0 Å². The molecule has 0 bridgehead atoms. The standard InChI is InChI=1S/C10H15NO2S2/c1-2-7(11)5-14-6-8-3-4-9(15-8)10(12)13/h3-4,7H,2,5-6,11H2,1H3,(H,12,13). The first-order valence-corrected chi connectivity index (χ1v) is 6.76. The second-order valence-corrected chi connectivity index (χ2v) is 5.45. The van der Waals surface area contributed by atoms with Crippen LogP contribution in [0.25, 0.3) is 0 Å². The molecule has 0 fully saturated rings. The number of thiophene rings is 1. The fourth-order valence-electron chi connectivity index (χ4n) is 0.999. The quantitative estimate of drug-likeness (QED) is 0.808. The average Bonchev–Trinajstić information content (AvgIpc) is 2.66. The summed E-state index contributed by atoms with van der Waals surface area (Å²) in [6.07, 6.45) is 0.984. The van der Waals surface area contributed by atoms with Crippen molar-refractivity contribution in [2.45, 2.75) is 25.1 Å². The van der Waals surface area contributed by atoms with E-state index < -0.39 is 5.97 Å². The molecule has 1 atom stereocenters. The number of carboxylic acids is 1. The molecular weight excluding hydrogens is 230 g/mol. The van der Waals surface area contributed by atoms with Crippen molar-refractivity contribution < 1.29 is 9.90 Å². The van der Waals surface area contributed by atoms with Gasteiger partial charge in [0.15, 0.2) is 0 Å². The van der Waals surface area contributed by atoms with Gasteiger partial charge in [0.1, 0.15) is 4.88 Å². The van der Waals surface area contributed by atoms with Gasteiger partial charge in [-0.15, -0.1) is 11.3 Å². The van der Waals surface area contributed by atoms with Crippen LogP contribution in [0.4, 0.5) is 0 Å². The average molecular weight is 245 g/mol. The van der Waals surface area contributed by atoms with Gasteiger partial charge in [-0.3, -0.25) is 0 Å². The molecule has 1 unspecified atom stereocenters. The molecule has 0 saturated carbocycles. The normalized spacial score (nSPS) is 12.7. The van der Waals surface area contributed by atoms with E-state index in [4.69, 9.17) is 10.8 Å². The molecule has 0 amide bonds. The van der Waals surface area contributed by atoms with Gasteiger partial charge in [0.05, 0.1) is 0 Å². The summed E-state index contributed by atoms with van der Waals surface area (Å²) < 4.78 is 0. The largest absolute Gasteiger partial charge is 0.477 e. The summed E-state index contributed by atoms with van der Waals surface area (Å²) in [6, 6.07) is 3.77. The molecule has 3 N–H and O–H groups in total. The Balaban J connectivity index is 2.35. The molecule has 0 aliphatic heterocycles. The van der Waals surface area contributed by atoms with Crippen LogP contribution in [0.15, 0.2) is 12.1 Å². The summed E-state index contributed by atoms with van der Waals surface area (Å²) in [5.74, 6) is 0.934. The van der Waals surface area contributed by atoms with Crippen molar-refractivity contribution >= 4 is 29.1 Å². The van der Waals surface area contributed by atoms with Crippen molar-refractivity contribution in [3.8, 4) is 0 Å². The molecule has 0 aliphatic rings. The lowest BCUT2D eigenvalue weighted by molar-refractivity contribution is 0.0702. The molecule has 3 nitrogen and oxygen atoms in total. The van der Waals surface area contributed by atoms with Gasteiger partial charge >= 0.3 is 5.97 Å². The van der Waals surface area contributed by atoms with Gasteiger partial charge in [0, 0.05) is 22.4 Å². The van der Waals surface area contributed by atoms with Crippen molar-refractivity contribution in [1.82, 2.24) is 0 Å². The molecule has 1 aromatic heterocycles. The number of hydrogen-bond acceptors (Lipinski definition) is 4. The lowest BCUT2D eigenvalue weighted by atomic mass is 10.3. The highest BCUT2D eigenvalue weighted by Gasteiger charge is 2.07. The van der Waals surface area contributed by atoms with Gasteiger partial charge in [-0.1, -0.05) is 6.92 Å². The monoisotopic (exact) mass is 245 g/mol. The van der Waals surface area contributed by atoms with Crippen LogP contribution in [0, 0.1) is 0 Å². The smallest absolute Gasteiger partial charge is 0.345 e. The topological polar surface area (TPSA) is 63.3 Å². The maximum Gasteiger partial charge on any atom is 0.345 e. The molecule has 0 radical (unpaired) electrons. The van der Waals surface area contributed by atoms with Crippen LogP contribution in [-0.4, -0.2) is 22.9 Å². The van der Waals surface area contributed by atoms with Gasteiger partial charge in [0.2, 0.25) is 0 Å². The molecule has 0 aromatic carbocycles. The molecule has 0 spiro atoms. The molecule has 0 aliphatic carbocycles. The van der Waals surface area contributed by atoms with E-state index in [1.165, 1.54) is 11.3 Å². The Hall–Kier alpha value is -0.520. The molecule has 1 aromatic rings. The molecule has 1 rings (SSSR count). The summed E-state index contributed by atoms with van der Waals surface area (Å²) in [5, 5.41) is 8.73. The molecule has 84 valence electrons. The highest BCUT2D eigenvalue weighted by molar-refractivity contribution is 7.98. The van der Waals surface area contributed by atoms with Gasteiger partial charge < -0.3 is 10.8 Å². The predicted octanol–water partition coefficient (Wildman–Crippen LogP) is 2.42. The first kappa shape index (κ1) is 12.5. The third kappa shape index (κ3) is 4.24. The molecule has 15 heavy (non-hydrogen) atoms. The maximum atomic E-state index is 10.6. The van der Waals surface area contributed by atoms with E-state index in [0.29, 0.717) is 4.88 Å². The minimum Gasteiger partial charge on any atom is -0.477 e. The summed E-state index contributed by atoms with van der Waals surface area (Å²) in [4.78, 5) is 12.1. The van der Waals surface area contributed by atoms with Crippen LogP contribution in [0.5, 0.6) is 0 Å². The number of thioether (sulfide) groups is 1. The fraction of sp³-hybridized carbons (Fsp3) is 0.500. The Morgan fingerprint density at radius 1 is 1.67 bits per heavy atom. The SMILES string of the molecule is CCC(N)CSCc1ccc(C(=O)O)s1. The lowest BCUT2D eigenvalue weighted by Gasteiger charge is -2.06. The lowest BCUT2D eigenvalue weighted by Crippen LogP contribution is -2.21. The van der Waals surface area contributed by atoms with Crippen molar-refractivity contribution in [3.05, 3.63) is 21.9 Å². The fourth-order valence-corrected chi connectivity index (χ4v) is 3.08. The van der Waals surface area contributed by atoms with E-state index in [1.54, 1.807) is 17.8 Å². The van der Waals surface area contributed by atoms with Gasteiger partial charge in [-0.05, 0) is 18.6 Å². The molecular formula is C10H15NO2S2. The van der Waals surface area contributed by atoms with Crippen LogP contribution < -0.4 is 5.73 Å². The first-order chi connectivity index (χ1) is 7.13. The minimum absolute atomic E-state index is 0.244. The third-order valence-electron chi connectivity index (χ3n) is 1.97. The minimum atomic E-state index is -0.846. The highest BCUT2D eigenvalue weighted by Crippen LogP contribution is 2.22. The number of nitrogens with two attached hydrogens (primary N) is 1. The Kier molecular flexibility index (Phi) is 5.14. The second-order valence-electron chi connectivity index (χ2n) is 3.25. The van der Waals surface area contributed by atoms with E-state index in [2.05, 4.69) is 6.92 Å². The van der Waals surface area contributed by atoms with Gasteiger partial charge in [-0.2, -0.15) is 11.8 Å². The number of carboxylic acid groups (broad SMARTS) is 1. The van der Waals surface area contributed by atoms with E-state index in [1.807, 2.05) is 6.07 Å². The number of hydrogen-bond donors (Lipinski definition) is 2. The number of carbonyl (C=O) groups is 1. The number of aromatic carboxylic acids is 1. The Labute approximate surface area is 97.7 Å². The predicted molar refractivity (Wildman–Crippen MR) is 65.7 cm³/mol. The summed E-state index contributed by atoms with van der Waals surface area (Å²) in [5.41, 5.74) is 5.78. The van der Waals surface area contributed by atoms with E-state index in [-0.39, 0.29) is 6.04 Å². The van der Waals surface area contributed by atoms with E-state index in [0.717, 1.165) is 22.8 Å². The summed E-state index contributed by atoms with van der Waals surface area (Å²) in [6.45, 7) is 2.07. The second kappa shape index (κ2) is 6.15. The van der Waals surface area contributed by atoms with Crippen molar-refractivity contribution in [3.63, 3.8) is 0 Å². The zero-order valence-electron chi connectivity index (χ0n) is 8.60. The van der Waals surface area contributed by atoms with Crippen LogP contribution in [0.1, 0.15) is 27.9 Å². The van der Waals surface area contributed by atoms with Gasteiger partial charge in [-0.25, -0.2) is 4.79 Å². The Morgan fingerprint density at radius 3 is 2.93 bits per heavy atom. The molecule has 0 saturated heterocycles. The zero-order chi connectivity index (χ0) is 11.3. The van der Waals surface area contributed by atoms with E-state index in [9.17, 15) is 4.79 Å². The Morgan fingerprint density at radius 2 is 2.40 bits per heavy atom. The maximum absolute atomic E-state index is 10.6. The van der Waals surface area contributed by atoms with Crippen LogP contribution in [-0.2, 0) is 5.75 Å². The number of rotatable bonds is 6. The third-order valence-corrected chi connectivity index (χ3v) is 4.41. The van der Waals surface area contributed by atoms with Gasteiger partial charge in [0.25, 0.3) is 0 Å². The summed E-state index contributed by atoms with van der Waals surface area (Å²) >= 11 is 3.10. The van der Waals surface area contributed by atoms with Crippen LogP contribution in [0.3, 0.4) is 0 Å². The van der Waals surface area contributed by atoms with Crippen molar-refractivity contribution in [2.75, 3.05) is 5.75 Å². The zero-order valence-corrected chi connectivity index (χ0v) is 10.2. The first-order valence-electron chi connectivity index (χ1n) is 4.78. The molecule has 1 heterocycles. The highest BCUT2D eigenvalue weighted by atomic mass is 32.2. The Bertz CT molecular complexity index is 325. The van der Waals surface area contributed by atoms with Crippen molar-refractivity contribution in [2.24, 2.45) is 5.73 Å².